The SMILES string of the molecule is Fc1ccc2c(c1)C(C1CC1)NCC2. The predicted molar refractivity (Wildman–Crippen MR) is 53.6 cm³/mol. The van der Waals surface area contributed by atoms with Gasteiger partial charge in [-0.05, 0) is 55.0 Å². The molecule has 1 aliphatic carbocycles. The summed E-state index contributed by atoms with van der Waals surface area (Å²) in [6.07, 6.45) is 3.64. The molecule has 0 spiro atoms. The maximum atomic E-state index is 13.1. The van der Waals surface area contributed by atoms with E-state index in [9.17, 15) is 4.39 Å². The zero-order chi connectivity index (χ0) is 9.54. The Morgan fingerprint density at radius 2 is 2.14 bits per heavy atom. The number of hydrogen-bond acceptors (Lipinski definition) is 1. The van der Waals surface area contributed by atoms with Gasteiger partial charge in [0.1, 0.15) is 5.82 Å². The standard InChI is InChI=1S/C12H14FN/c13-10-4-3-8-5-6-14-12(9-1-2-9)11(8)7-10/h3-4,7,9,12,14H,1-2,5-6H2. The number of halogens is 1. The first-order valence-electron chi connectivity index (χ1n) is 5.36. The molecular formula is C12H14FN. The number of hydrogen-bond donors (Lipinski definition) is 1. The summed E-state index contributed by atoms with van der Waals surface area (Å²) in [6, 6.07) is 5.66. The van der Waals surface area contributed by atoms with Crippen molar-refractivity contribution in [3.63, 3.8) is 0 Å². The van der Waals surface area contributed by atoms with Crippen LogP contribution in [0.2, 0.25) is 0 Å². The third kappa shape index (κ3) is 1.34. The van der Waals surface area contributed by atoms with Crippen molar-refractivity contribution >= 4 is 0 Å². The topological polar surface area (TPSA) is 12.0 Å². The summed E-state index contributed by atoms with van der Waals surface area (Å²) in [4.78, 5) is 0. The Balaban J connectivity index is 2.02. The molecule has 1 unspecified atom stereocenters. The highest BCUT2D eigenvalue weighted by Crippen LogP contribution is 2.43. The molecule has 1 aromatic carbocycles. The van der Waals surface area contributed by atoms with Crippen LogP contribution in [0, 0.1) is 11.7 Å². The molecule has 2 heteroatoms. The van der Waals surface area contributed by atoms with Gasteiger partial charge in [-0.15, -0.1) is 0 Å². The third-order valence-corrected chi connectivity index (χ3v) is 3.29. The van der Waals surface area contributed by atoms with Crippen LogP contribution in [0.1, 0.15) is 30.0 Å². The lowest BCUT2D eigenvalue weighted by Crippen LogP contribution is -2.31. The van der Waals surface area contributed by atoms with Gasteiger partial charge in [0, 0.05) is 6.04 Å². The van der Waals surface area contributed by atoms with E-state index in [1.54, 1.807) is 12.1 Å². The summed E-state index contributed by atoms with van der Waals surface area (Å²) >= 11 is 0. The normalized spacial score (nSPS) is 25.9. The van der Waals surface area contributed by atoms with Gasteiger partial charge in [0.2, 0.25) is 0 Å². The minimum Gasteiger partial charge on any atom is -0.309 e. The first-order valence-corrected chi connectivity index (χ1v) is 5.36. The van der Waals surface area contributed by atoms with E-state index in [4.69, 9.17) is 0 Å². The van der Waals surface area contributed by atoms with E-state index >= 15 is 0 Å². The summed E-state index contributed by atoms with van der Waals surface area (Å²) < 4.78 is 13.1. The Bertz CT molecular complexity index is 357. The Hall–Kier alpha value is -0.890. The van der Waals surface area contributed by atoms with Crippen LogP contribution in [0.3, 0.4) is 0 Å². The largest absolute Gasteiger partial charge is 0.309 e. The first-order chi connectivity index (χ1) is 6.84. The van der Waals surface area contributed by atoms with E-state index in [1.807, 2.05) is 6.07 Å². The molecule has 0 bridgehead atoms. The fourth-order valence-electron chi connectivity index (χ4n) is 2.41. The predicted octanol–water partition coefficient (Wildman–Crippen LogP) is 2.42. The van der Waals surface area contributed by atoms with Crippen LogP contribution in [0.5, 0.6) is 0 Å². The first kappa shape index (κ1) is 8.42. The third-order valence-electron chi connectivity index (χ3n) is 3.29. The molecule has 74 valence electrons. The van der Waals surface area contributed by atoms with Gasteiger partial charge < -0.3 is 5.32 Å². The molecule has 3 rings (SSSR count). The highest BCUT2D eigenvalue weighted by molar-refractivity contribution is 5.34. The minimum atomic E-state index is -0.0990. The molecule has 1 atom stereocenters. The van der Waals surface area contributed by atoms with Crippen molar-refractivity contribution in [2.24, 2.45) is 5.92 Å². The summed E-state index contributed by atoms with van der Waals surface area (Å²) in [5.74, 6) is 0.661. The van der Waals surface area contributed by atoms with Gasteiger partial charge in [-0.2, -0.15) is 0 Å². The molecule has 1 aliphatic heterocycles. The van der Waals surface area contributed by atoms with Crippen molar-refractivity contribution in [2.75, 3.05) is 6.54 Å². The Labute approximate surface area is 83.3 Å². The molecule has 14 heavy (non-hydrogen) atoms. The van der Waals surface area contributed by atoms with Crippen molar-refractivity contribution in [2.45, 2.75) is 25.3 Å². The molecule has 2 aliphatic rings. The molecule has 1 saturated carbocycles. The second-order valence-electron chi connectivity index (χ2n) is 4.36. The Morgan fingerprint density at radius 1 is 1.29 bits per heavy atom. The molecule has 0 radical (unpaired) electrons. The molecular weight excluding hydrogens is 177 g/mol. The molecule has 0 saturated heterocycles. The average molecular weight is 191 g/mol. The summed E-state index contributed by atoms with van der Waals surface area (Å²) in [7, 11) is 0. The number of rotatable bonds is 1. The molecule has 1 aromatic rings. The Morgan fingerprint density at radius 3 is 2.93 bits per heavy atom. The van der Waals surface area contributed by atoms with Crippen molar-refractivity contribution in [1.29, 1.82) is 0 Å². The van der Waals surface area contributed by atoms with Crippen LogP contribution in [0.15, 0.2) is 18.2 Å². The van der Waals surface area contributed by atoms with Crippen LogP contribution < -0.4 is 5.32 Å². The van der Waals surface area contributed by atoms with Crippen LogP contribution >= 0.6 is 0 Å². The Kier molecular flexibility index (Phi) is 1.84. The maximum Gasteiger partial charge on any atom is 0.123 e. The van der Waals surface area contributed by atoms with Crippen molar-refractivity contribution in [3.8, 4) is 0 Å². The van der Waals surface area contributed by atoms with Crippen LogP contribution in [0.25, 0.3) is 0 Å². The van der Waals surface area contributed by atoms with Gasteiger partial charge in [-0.25, -0.2) is 4.39 Å². The van der Waals surface area contributed by atoms with E-state index in [1.165, 1.54) is 24.0 Å². The highest BCUT2D eigenvalue weighted by atomic mass is 19.1. The van der Waals surface area contributed by atoms with E-state index in [2.05, 4.69) is 5.32 Å². The van der Waals surface area contributed by atoms with E-state index in [-0.39, 0.29) is 5.82 Å². The fourth-order valence-corrected chi connectivity index (χ4v) is 2.41. The van der Waals surface area contributed by atoms with Gasteiger partial charge in [-0.3, -0.25) is 0 Å². The van der Waals surface area contributed by atoms with Crippen molar-refractivity contribution in [3.05, 3.63) is 35.1 Å². The number of benzene rings is 1. The molecule has 1 heterocycles. The lowest BCUT2D eigenvalue weighted by Gasteiger charge is -2.26. The maximum absolute atomic E-state index is 13.1. The summed E-state index contributed by atoms with van der Waals surface area (Å²) in [5.41, 5.74) is 2.54. The van der Waals surface area contributed by atoms with Crippen LogP contribution in [-0.2, 0) is 6.42 Å². The molecule has 1 N–H and O–H groups in total. The van der Waals surface area contributed by atoms with Crippen molar-refractivity contribution in [1.82, 2.24) is 5.32 Å². The molecule has 1 nitrogen and oxygen atoms in total. The van der Waals surface area contributed by atoms with E-state index in [0.717, 1.165) is 18.9 Å². The highest BCUT2D eigenvalue weighted by Gasteiger charge is 2.34. The lowest BCUT2D eigenvalue weighted by atomic mass is 9.91. The second-order valence-corrected chi connectivity index (χ2v) is 4.36. The van der Waals surface area contributed by atoms with Gasteiger partial charge in [0.05, 0.1) is 0 Å². The van der Waals surface area contributed by atoms with E-state index in [0.29, 0.717) is 6.04 Å². The van der Waals surface area contributed by atoms with Gasteiger partial charge in [0.25, 0.3) is 0 Å². The zero-order valence-electron chi connectivity index (χ0n) is 8.09. The summed E-state index contributed by atoms with van der Waals surface area (Å²) in [6.45, 7) is 1.04. The smallest absolute Gasteiger partial charge is 0.123 e. The quantitative estimate of drug-likeness (QED) is 0.718. The molecule has 0 amide bonds. The van der Waals surface area contributed by atoms with Crippen LogP contribution in [0.4, 0.5) is 4.39 Å². The minimum absolute atomic E-state index is 0.0990. The zero-order valence-corrected chi connectivity index (χ0v) is 8.09. The summed E-state index contributed by atoms with van der Waals surface area (Å²) in [5, 5.41) is 3.50. The van der Waals surface area contributed by atoms with Gasteiger partial charge >= 0.3 is 0 Å². The van der Waals surface area contributed by atoms with Crippen LogP contribution in [-0.4, -0.2) is 6.54 Å². The second kappa shape index (κ2) is 3.06. The van der Waals surface area contributed by atoms with E-state index < -0.39 is 0 Å². The number of nitrogens with one attached hydrogen (secondary N) is 1. The monoisotopic (exact) mass is 191 g/mol. The molecule has 0 aromatic heterocycles. The van der Waals surface area contributed by atoms with Gasteiger partial charge in [0.15, 0.2) is 0 Å². The number of fused-ring (bicyclic) bond motifs is 1. The van der Waals surface area contributed by atoms with Gasteiger partial charge in [-0.1, -0.05) is 6.07 Å². The molecule has 1 fully saturated rings. The van der Waals surface area contributed by atoms with Crippen molar-refractivity contribution < 1.29 is 4.39 Å². The fraction of sp³-hybridized carbons (Fsp3) is 0.500. The lowest BCUT2D eigenvalue weighted by molar-refractivity contribution is 0.454. The average Bonchev–Trinajstić information content (AvgIpc) is 3.00.